The molecule has 1 rings (SSSR count). The molecular weight excluding hydrogens is 202 g/mol. The van der Waals surface area contributed by atoms with Gasteiger partial charge in [-0.15, -0.1) is 10.2 Å². The molecule has 0 atom stereocenters. The van der Waals surface area contributed by atoms with Gasteiger partial charge in [0.25, 0.3) is 0 Å². The lowest BCUT2D eigenvalue weighted by molar-refractivity contribution is 0.138. The van der Waals surface area contributed by atoms with Crippen molar-refractivity contribution in [3.8, 4) is 0 Å². The summed E-state index contributed by atoms with van der Waals surface area (Å²) in [5.41, 5.74) is 0. The molecule has 5 heteroatoms. The molecule has 0 saturated carbocycles. The Bertz CT molecular complexity index is 286. The minimum absolute atomic E-state index is 0.330. The van der Waals surface area contributed by atoms with Crippen LogP contribution in [0.15, 0.2) is 0 Å². The second kappa shape index (κ2) is 5.32. The highest BCUT2D eigenvalue weighted by Crippen LogP contribution is 2.15. The third-order valence-corrected chi connectivity index (χ3v) is 2.19. The molecule has 0 aliphatic rings. The lowest BCUT2D eigenvalue weighted by atomic mass is 10.2. The molecule has 0 N–H and O–H groups in total. The van der Waals surface area contributed by atoms with E-state index in [0.29, 0.717) is 24.4 Å². The zero-order chi connectivity index (χ0) is 10.6. The van der Waals surface area contributed by atoms with E-state index >= 15 is 0 Å². The second-order valence-corrected chi connectivity index (χ2v) is 3.67. The fourth-order valence-corrected chi connectivity index (χ4v) is 1.44. The monoisotopic (exact) mass is 217 g/mol. The fourth-order valence-electron chi connectivity index (χ4n) is 1.23. The summed E-state index contributed by atoms with van der Waals surface area (Å²) >= 11 is 5.90. The maximum atomic E-state index is 5.90. The molecule has 1 heterocycles. The zero-order valence-electron chi connectivity index (χ0n) is 8.83. The number of halogens is 1. The van der Waals surface area contributed by atoms with Crippen molar-refractivity contribution in [1.29, 1.82) is 0 Å². The number of nitrogens with zero attached hydrogens (tertiary/aromatic N) is 3. The second-order valence-electron chi connectivity index (χ2n) is 3.33. The topological polar surface area (TPSA) is 39.9 Å². The molecule has 4 nitrogen and oxygen atoms in total. The van der Waals surface area contributed by atoms with Crippen molar-refractivity contribution in [2.75, 3.05) is 13.2 Å². The summed E-state index contributed by atoms with van der Waals surface area (Å²) in [6.07, 6.45) is 0. The number of rotatable bonds is 5. The first-order chi connectivity index (χ1) is 6.66. The molecule has 0 radical (unpaired) electrons. The summed E-state index contributed by atoms with van der Waals surface area (Å²) in [4.78, 5) is 0. The third kappa shape index (κ3) is 2.69. The molecule has 0 bridgehead atoms. The predicted molar refractivity (Wildman–Crippen MR) is 55.6 cm³/mol. The smallest absolute Gasteiger partial charge is 0.225 e. The van der Waals surface area contributed by atoms with Gasteiger partial charge in [-0.1, -0.05) is 13.8 Å². The summed E-state index contributed by atoms with van der Waals surface area (Å²) in [5, 5.41) is 8.30. The maximum absolute atomic E-state index is 5.90. The van der Waals surface area contributed by atoms with Gasteiger partial charge < -0.3 is 4.74 Å². The van der Waals surface area contributed by atoms with Crippen molar-refractivity contribution in [2.24, 2.45) is 0 Å². The van der Waals surface area contributed by atoms with Crippen molar-refractivity contribution in [1.82, 2.24) is 14.8 Å². The maximum Gasteiger partial charge on any atom is 0.225 e. The van der Waals surface area contributed by atoms with Crippen LogP contribution in [0.4, 0.5) is 0 Å². The van der Waals surface area contributed by atoms with E-state index in [-0.39, 0.29) is 0 Å². The molecule has 0 unspecified atom stereocenters. The average molecular weight is 218 g/mol. The quantitative estimate of drug-likeness (QED) is 0.710. The van der Waals surface area contributed by atoms with E-state index in [1.54, 1.807) is 0 Å². The Morgan fingerprint density at radius 2 is 2.14 bits per heavy atom. The standard InChI is InChI=1S/C9H16ClN3O/c1-4-14-6-5-13-8(7(2)3)11-12-9(13)10/h7H,4-6H2,1-3H3. The number of ether oxygens (including phenoxy) is 1. The van der Waals surface area contributed by atoms with Crippen molar-refractivity contribution in [3.63, 3.8) is 0 Å². The van der Waals surface area contributed by atoms with Crippen molar-refractivity contribution >= 4 is 11.6 Å². The van der Waals surface area contributed by atoms with Gasteiger partial charge in [-0.25, -0.2) is 0 Å². The summed E-state index contributed by atoms with van der Waals surface area (Å²) in [7, 11) is 0. The third-order valence-electron chi connectivity index (χ3n) is 1.91. The Labute approximate surface area is 89.2 Å². The van der Waals surface area contributed by atoms with Crippen LogP contribution < -0.4 is 0 Å². The Kier molecular flexibility index (Phi) is 4.35. The van der Waals surface area contributed by atoms with Gasteiger partial charge in [0.1, 0.15) is 5.82 Å². The van der Waals surface area contributed by atoms with Crippen LogP contribution in [0.3, 0.4) is 0 Å². The predicted octanol–water partition coefficient (Wildman–Crippen LogP) is 2.09. The van der Waals surface area contributed by atoms with Gasteiger partial charge in [0.15, 0.2) is 0 Å². The molecule has 0 aliphatic heterocycles. The Balaban J connectivity index is 2.67. The van der Waals surface area contributed by atoms with E-state index in [1.807, 2.05) is 11.5 Å². The molecule has 0 saturated heterocycles. The van der Waals surface area contributed by atoms with Gasteiger partial charge in [-0.2, -0.15) is 0 Å². The lowest BCUT2D eigenvalue weighted by Gasteiger charge is -2.09. The van der Waals surface area contributed by atoms with Gasteiger partial charge >= 0.3 is 0 Å². The minimum Gasteiger partial charge on any atom is -0.380 e. The molecule has 0 aliphatic carbocycles. The number of aromatic nitrogens is 3. The molecule has 0 spiro atoms. The van der Waals surface area contributed by atoms with Crippen LogP contribution in [-0.4, -0.2) is 28.0 Å². The van der Waals surface area contributed by atoms with Gasteiger partial charge in [0, 0.05) is 12.5 Å². The highest BCUT2D eigenvalue weighted by Gasteiger charge is 2.12. The van der Waals surface area contributed by atoms with Crippen molar-refractivity contribution in [3.05, 3.63) is 11.1 Å². The summed E-state index contributed by atoms with van der Waals surface area (Å²) in [5.74, 6) is 1.24. The Morgan fingerprint density at radius 3 is 2.71 bits per heavy atom. The molecule has 1 aromatic rings. The van der Waals surface area contributed by atoms with E-state index in [0.717, 1.165) is 12.4 Å². The van der Waals surface area contributed by atoms with Gasteiger partial charge in [-0.05, 0) is 18.5 Å². The first-order valence-electron chi connectivity index (χ1n) is 4.83. The molecule has 14 heavy (non-hydrogen) atoms. The van der Waals surface area contributed by atoms with Crippen LogP contribution >= 0.6 is 11.6 Å². The fraction of sp³-hybridized carbons (Fsp3) is 0.778. The summed E-state index contributed by atoms with van der Waals surface area (Å²) < 4.78 is 7.15. The van der Waals surface area contributed by atoms with Crippen LogP contribution in [0.25, 0.3) is 0 Å². The van der Waals surface area contributed by atoms with E-state index in [1.165, 1.54) is 0 Å². The van der Waals surface area contributed by atoms with E-state index in [2.05, 4.69) is 24.0 Å². The average Bonchev–Trinajstić information content (AvgIpc) is 2.48. The SMILES string of the molecule is CCOCCn1c(Cl)nnc1C(C)C. The zero-order valence-corrected chi connectivity index (χ0v) is 9.58. The highest BCUT2D eigenvalue weighted by atomic mass is 35.5. The van der Waals surface area contributed by atoms with E-state index < -0.39 is 0 Å². The first kappa shape index (κ1) is 11.5. The molecular formula is C9H16ClN3O. The minimum atomic E-state index is 0.330. The van der Waals surface area contributed by atoms with Gasteiger partial charge in [0.2, 0.25) is 5.28 Å². The van der Waals surface area contributed by atoms with Crippen molar-refractivity contribution < 1.29 is 4.74 Å². The molecule has 1 aromatic heterocycles. The highest BCUT2D eigenvalue weighted by molar-refractivity contribution is 6.28. The Hall–Kier alpha value is -0.610. The van der Waals surface area contributed by atoms with Crippen LogP contribution in [-0.2, 0) is 11.3 Å². The lowest BCUT2D eigenvalue weighted by Crippen LogP contribution is -2.10. The van der Waals surface area contributed by atoms with Gasteiger partial charge in [0.05, 0.1) is 13.2 Å². The normalized spacial score (nSPS) is 11.2. The van der Waals surface area contributed by atoms with Crippen LogP contribution in [0.1, 0.15) is 32.5 Å². The van der Waals surface area contributed by atoms with Crippen molar-refractivity contribution in [2.45, 2.75) is 33.2 Å². The number of hydrogen-bond donors (Lipinski definition) is 0. The molecule has 0 fully saturated rings. The Morgan fingerprint density at radius 1 is 1.43 bits per heavy atom. The van der Waals surface area contributed by atoms with Gasteiger partial charge in [-0.3, -0.25) is 4.57 Å². The summed E-state index contributed by atoms with van der Waals surface area (Å²) in [6, 6.07) is 0. The van der Waals surface area contributed by atoms with Crippen LogP contribution in [0.2, 0.25) is 5.28 Å². The molecule has 0 amide bonds. The number of hydrogen-bond acceptors (Lipinski definition) is 3. The molecule has 80 valence electrons. The van der Waals surface area contributed by atoms with Crippen LogP contribution in [0, 0.1) is 0 Å². The van der Waals surface area contributed by atoms with E-state index in [9.17, 15) is 0 Å². The largest absolute Gasteiger partial charge is 0.380 e. The first-order valence-corrected chi connectivity index (χ1v) is 5.21. The van der Waals surface area contributed by atoms with E-state index in [4.69, 9.17) is 16.3 Å². The molecule has 0 aromatic carbocycles. The summed E-state index contributed by atoms with van der Waals surface area (Å²) in [6.45, 7) is 8.18. The van der Waals surface area contributed by atoms with Crippen LogP contribution in [0.5, 0.6) is 0 Å².